The molecule has 1 aliphatic heterocycles. The SMILES string of the molecule is Cc1c(C(=O)N(CC2CCCNC2)C2CC2)cnn1C. The smallest absolute Gasteiger partial charge is 0.257 e. The van der Waals surface area contributed by atoms with Gasteiger partial charge >= 0.3 is 0 Å². The molecule has 1 saturated carbocycles. The van der Waals surface area contributed by atoms with Crippen LogP contribution in [0.2, 0.25) is 0 Å². The Hall–Kier alpha value is -1.36. The van der Waals surface area contributed by atoms with Crippen LogP contribution in [-0.4, -0.2) is 46.3 Å². The van der Waals surface area contributed by atoms with Crippen molar-refractivity contribution in [2.24, 2.45) is 13.0 Å². The Morgan fingerprint density at radius 3 is 2.85 bits per heavy atom. The van der Waals surface area contributed by atoms with Gasteiger partial charge in [-0.3, -0.25) is 9.48 Å². The minimum Gasteiger partial charge on any atom is -0.335 e. The maximum atomic E-state index is 12.8. The number of amides is 1. The Morgan fingerprint density at radius 2 is 2.30 bits per heavy atom. The monoisotopic (exact) mass is 276 g/mol. The molecule has 110 valence electrons. The highest BCUT2D eigenvalue weighted by Crippen LogP contribution is 2.30. The van der Waals surface area contributed by atoms with Gasteiger partial charge in [0.25, 0.3) is 5.91 Å². The third kappa shape index (κ3) is 2.73. The van der Waals surface area contributed by atoms with Crippen molar-refractivity contribution < 1.29 is 4.79 Å². The Morgan fingerprint density at radius 1 is 1.50 bits per heavy atom. The van der Waals surface area contributed by atoms with Crippen LogP contribution < -0.4 is 5.32 Å². The normalized spacial score (nSPS) is 22.8. The van der Waals surface area contributed by atoms with Gasteiger partial charge in [-0.1, -0.05) is 0 Å². The fraction of sp³-hybridized carbons (Fsp3) is 0.733. The van der Waals surface area contributed by atoms with Crippen LogP contribution in [0.1, 0.15) is 41.7 Å². The lowest BCUT2D eigenvalue weighted by Gasteiger charge is -2.30. The fourth-order valence-electron chi connectivity index (χ4n) is 3.01. The zero-order valence-corrected chi connectivity index (χ0v) is 12.4. The molecule has 3 rings (SSSR count). The second-order valence-electron chi connectivity index (χ2n) is 6.17. The Kier molecular flexibility index (Phi) is 3.78. The van der Waals surface area contributed by atoms with Crippen molar-refractivity contribution in [2.75, 3.05) is 19.6 Å². The van der Waals surface area contributed by atoms with Gasteiger partial charge in [-0.2, -0.15) is 5.10 Å². The Labute approximate surface area is 120 Å². The van der Waals surface area contributed by atoms with E-state index in [0.29, 0.717) is 12.0 Å². The summed E-state index contributed by atoms with van der Waals surface area (Å²) in [6.07, 6.45) is 6.49. The van der Waals surface area contributed by atoms with Gasteiger partial charge in [0.15, 0.2) is 0 Å². The molecule has 0 spiro atoms. The topological polar surface area (TPSA) is 50.2 Å². The van der Waals surface area contributed by atoms with E-state index in [1.165, 1.54) is 12.8 Å². The maximum Gasteiger partial charge on any atom is 0.257 e. The molecule has 1 aromatic rings. The van der Waals surface area contributed by atoms with Crippen LogP contribution in [0.25, 0.3) is 0 Å². The summed E-state index contributed by atoms with van der Waals surface area (Å²) in [7, 11) is 1.89. The van der Waals surface area contributed by atoms with Crippen LogP contribution in [0.5, 0.6) is 0 Å². The first kappa shape index (κ1) is 13.6. The van der Waals surface area contributed by atoms with Gasteiger partial charge in [-0.25, -0.2) is 0 Å². The lowest BCUT2D eigenvalue weighted by Crippen LogP contribution is -2.42. The van der Waals surface area contributed by atoms with Crippen molar-refractivity contribution in [3.63, 3.8) is 0 Å². The highest BCUT2D eigenvalue weighted by atomic mass is 16.2. The van der Waals surface area contributed by atoms with Crippen molar-refractivity contribution in [3.8, 4) is 0 Å². The molecule has 1 N–H and O–H groups in total. The van der Waals surface area contributed by atoms with Gasteiger partial charge < -0.3 is 10.2 Å². The highest BCUT2D eigenvalue weighted by molar-refractivity contribution is 5.95. The molecular formula is C15H24N4O. The standard InChI is InChI=1S/C15H24N4O/c1-11-14(9-17-18(11)2)15(20)19(13-5-6-13)10-12-4-3-7-16-8-12/h9,12-13,16H,3-8,10H2,1-2H3. The van der Waals surface area contributed by atoms with Gasteiger partial charge in [0.1, 0.15) is 0 Å². The van der Waals surface area contributed by atoms with Gasteiger partial charge in [0.05, 0.1) is 11.8 Å². The summed E-state index contributed by atoms with van der Waals surface area (Å²) in [5.41, 5.74) is 1.73. The van der Waals surface area contributed by atoms with Crippen LogP contribution in [0, 0.1) is 12.8 Å². The van der Waals surface area contributed by atoms with Crippen LogP contribution in [0.4, 0.5) is 0 Å². The molecule has 1 aliphatic carbocycles. The predicted octanol–water partition coefficient (Wildman–Crippen LogP) is 1.33. The van der Waals surface area contributed by atoms with E-state index in [1.54, 1.807) is 10.9 Å². The number of aromatic nitrogens is 2. The third-order valence-corrected chi connectivity index (χ3v) is 4.57. The maximum absolute atomic E-state index is 12.8. The molecule has 0 aromatic carbocycles. The molecule has 1 saturated heterocycles. The molecule has 5 heteroatoms. The summed E-state index contributed by atoms with van der Waals surface area (Å²) in [6, 6.07) is 0.462. The van der Waals surface area contributed by atoms with Crippen molar-refractivity contribution in [3.05, 3.63) is 17.5 Å². The zero-order chi connectivity index (χ0) is 14.1. The van der Waals surface area contributed by atoms with Crippen molar-refractivity contribution in [2.45, 2.75) is 38.6 Å². The number of rotatable bonds is 4. The molecule has 0 radical (unpaired) electrons. The molecule has 2 aliphatic rings. The number of hydrogen-bond donors (Lipinski definition) is 1. The van der Waals surface area contributed by atoms with Crippen molar-refractivity contribution in [1.82, 2.24) is 20.0 Å². The van der Waals surface area contributed by atoms with Gasteiger partial charge in [-0.15, -0.1) is 0 Å². The van der Waals surface area contributed by atoms with E-state index in [1.807, 2.05) is 14.0 Å². The summed E-state index contributed by atoms with van der Waals surface area (Å²) < 4.78 is 1.78. The highest BCUT2D eigenvalue weighted by Gasteiger charge is 2.35. The number of aryl methyl sites for hydroxylation is 1. The van der Waals surface area contributed by atoms with Crippen molar-refractivity contribution in [1.29, 1.82) is 0 Å². The molecule has 1 unspecified atom stereocenters. The lowest BCUT2D eigenvalue weighted by atomic mass is 9.98. The molecule has 2 heterocycles. The van der Waals surface area contributed by atoms with Gasteiger partial charge in [0.2, 0.25) is 0 Å². The summed E-state index contributed by atoms with van der Waals surface area (Å²) in [4.78, 5) is 14.9. The van der Waals surface area contributed by atoms with Gasteiger partial charge in [0, 0.05) is 25.3 Å². The van der Waals surface area contributed by atoms with Crippen LogP contribution >= 0.6 is 0 Å². The molecule has 0 bridgehead atoms. The van der Waals surface area contributed by atoms with E-state index in [0.717, 1.165) is 43.7 Å². The molecule has 1 aromatic heterocycles. The lowest BCUT2D eigenvalue weighted by molar-refractivity contribution is 0.0703. The van der Waals surface area contributed by atoms with Crippen LogP contribution in [0.3, 0.4) is 0 Å². The molecule has 2 fully saturated rings. The summed E-state index contributed by atoms with van der Waals surface area (Å²) in [6.45, 7) is 5.02. The minimum atomic E-state index is 0.170. The predicted molar refractivity (Wildman–Crippen MR) is 77.6 cm³/mol. The number of carbonyl (C=O) groups is 1. The third-order valence-electron chi connectivity index (χ3n) is 4.57. The average molecular weight is 276 g/mol. The molecule has 1 atom stereocenters. The first-order valence-corrected chi connectivity index (χ1v) is 7.67. The second kappa shape index (κ2) is 5.56. The summed E-state index contributed by atoms with van der Waals surface area (Å²) in [5.74, 6) is 0.772. The quantitative estimate of drug-likeness (QED) is 0.902. The number of piperidine rings is 1. The molecule has 5 nitrogen and oxygen atoms in total. The average Bonchev–Trinajstić information content (AvgIpc) is 3.25. The molecule has 1 amide bonds. The van der Waals surface area contributed by atoms with E-state index in [9.17, 15) is 4.79 Å². The summed E-state index contributed by atoms with van der Waals surface area (Å²) in [5, 5.41) is 7.64. The zero-order valence-electron chi connectivity index (χ0n) is 12.4. The Balaban J connectivity index is 1.73. The molecule has 20 heavy (non-hydrogen) atoms. The number of carbonyl (C=O) groups excluding carboxylic acids is 1. The second-order valence-corrected chi connectivity index (χ2v) is 6.17. The van der Waals surface area contributed by atoms with E-state index in [2.05, 4.69) is 15.3 Å². The Bertz CT molecular complexity index is 486. The first-order valence-electron chi connectivity index (χ1n) is 7.67. The molecular weight excluding hydrogens is 252 g/mol. The van der Waals surface area contributed by atoms with Crippen LogP contribution in [0.15, 0.2) is 6.20 Å². The number of hydrogen-bond acceptors (Lipinski definition) is 3. The van der Waals surface area contributed by atoms with Crippen LogP contribution in [-0.2, 0) is 7.05 Å². The summed E-state index contributed by atoms with van der Waals surface area (Å²) >= 11 is 0. The number of nitrogens with zero attached hydrogens (tertiary/aromatic N) is 3. The van der Waals surface area contributed by atoms with E-state index in [4.69, 9.17) is 0 Å². The fourth-order valence-corrected chi connectivity index (χ4v) is 3.01. The minimum absolute atomic E-state index is 0.170. The number of nitrogens with one attached hydrogen (secondary N) is 1. The van der Waals surface area contributed by atoms with Crippen molar-refractivity contribution >= 4 is 5.91 Å². The van der Waals surface area contributed by atoms with E-state index < -0.39 is 0 Å². The van der Waals surface area contributed by atoms with Gasteiger partial charge in [-0.05, 0) is 51.6 Å². The van der Waals surface area contributed by atoms with E-state index in [-0.39, 0.29) is 5.91 Å². The first-order chi connectivity index (χ1) is 9.66. The largest absolute Gasteiger partial charge is 0.335 e. The van der Waals surface area contributed by atoms with E-state index >= 15 is 0 Å².